The van der Waals surface area contributed by atoms with Crippen molar-refractivity contribution in [2.24, 2.45) is 0 Å². The lowest BCUT2D eigenvalue weighted by molar-refractivity contribution is -0.116. The molecular formula is C25H25N3O. The Morgan fingerprint density at radius 2 is 1.76 bits per heavy atom. The Labute approximate surface area is 171 Å². The zero-order valence-corrected chi connectivity index (χ0v) is 17.0. The number of anilines is 1. The van der Waals surface area contributed by atoms with Crippen LogP contribution in [0.5, 0.6) is 0 Å². The second-order valence-corrected chi connectivity index (χ2v) is 7.58. The summed E-state index contributed by atoms with van der Waals surface area (Å²) in [6.45, 7) is 6.17. The largest absolute Gasteiger partial charge is 0.326 e. The number of nitrogens with zero attached hydrogens (tertiary/aromatic N) is 2. The quantitative estimate of drug-likeness (QED) is 0.500. The Kier molecular flexibility index (Phi) is 5.17. The van der Waals surface area contributed by atoms with Gasteiger partial charge in [-0.15, -0.1) is 0 Å². The van der Waals surface area contributed by atoms with Gasteiger partial charge in [-0.3, -0.25) is 4.79 Å². The summed E-state index contributed by atoms with van der Waals surface area (Å²) in [6, 6.07) is 20.2. The van der Waals surface area contributed by atoms with Gasteiger partial charge in [0.05, 0.1) is 5.69 Å². The summed E-state index contributed by atoms with van der Waals surface area (Å²) in [4.78, 5) is 17.6. The van der Waals surface area contributed by atoms with Crippen LogP contribution in [0.1, 0.15) is 40.3 Å². The molecule has 4 aromatic rings. The molecule has 0 aliphatic carbocycles. The van der Waals surface area contributed by atoms with Crippen LogP contribution in [-0.4, -0.2) is 15.3 Å². The maximum Gasteiger partial charge on any atom is 0.225 e. The van der Waals surface area contributed by atoms with E-state index in [1.165, 1.54) is 11.1 Å². The van der Waals surface area contributed by atoms with Crippen LogP contribution in [0.4, 0.5) is 5.69 Å². The molecule has 0 aliphatic heterocycles. The fourth-order valence-corrected chi connectivity index (χ4v) is 3.72. The minimum atomic E-state index is -0.0838. The minimum Gasteiger partial charge on any atom is -0.326 e. The molecule has 0 bridgehead atoms. The molecule has 2 aromatic heterocycles. The van der Waals surface area contributed by atoms with Crippen LogP contribution in [0.15, 0.2) is 73.1 Å². The van der Waals surface area contributed by atoms with Crippen LogP contribution in [0.2, 0.25) is 0 Å². The normalized spacial score (nSPS) is 12.1. The molecule has 0 radical (unpaired) electrons. The number of aromatic nitrogens is 2. The van der Waals surface area contributed by atoms with Crippen LogP contribution in [0.25, 0.3) is 5.65 Å². The minimum absolute atomic E-state index is 0.00953. The Morgan fingerprint density at radius 3 is 2.52 bits per heavy atom. The summed E-state index contributed by atoms with van der Waals surface area (Å²) in [7, 11) is 0. The summed E-state index contributed by atoms with van der Waals surface area (Å²) in [6.07, 6.45) is 4.25. The van der Waals surface area contributed by atoms with E-state index in [4.69, 9.17) is 0 Å². The van der Waals surface area contributed by atoms with Crippen LogP contribution in [-0.2, 0) is 4.79 Å². The first-order valence-electron chi connectivity index (χ1n) is 9.87. The SMILES string of the molecule is Cc1ccc(NC(=O)CC(c2ccccc2)c2cnc3c(C)cccn23)cc1C. The van der Waals surface area contributed by atoms with Gasteiger partial charge in [-0.1, -0.05) is 42.5 Å². The van der Waals surface area contributed by atoms with Gasteiger partial charge in [-0.05, 0) is 61.2 Å². The molecule has 1 atom stereocenters. The molecule has 4 heteroatoms. The van der Waals surface area contributed by atoms with E-state index in [-0.39, 0.29) is 11.8 Å². The molecule has 146 valence electrons. The van der Waals surface area contributed by atoms with Gasteiger partial charge >= 0.3 is 0 Å². The number of hydrogen-bond donors (Lipinski definition) is 1. The number of amides is 1. The van der Waals surface area contributed by atoms with E-state index in [9.17, 15) is 4.79 Å². The number of imidazole rings is 1. The highest BCUT2D eigenvalue weighted by Gasteiger charge is 2.22. The smallest absolute Gasteiger partial charge is 0.225 e. The maximum atomic E-state index is 12.9. The Morgan fingerprint density at radius 1 is 0.966 bits per heavy atom. The molecule has 1 N–H and O–H groups in total. The lowest BCUT2D eigenvalue weighted by atomic mass is 9.92. The molecule has 4 nitrogen and oxygen atoms in total. The van der Waals surface area contributed by atoms with Gasteiger partial charge in [-0.2, -0.15) is 0 Å². The van der Waals surface area contributed by atoms with Crippen LogP contribution < -0.4 is 5.32 Å². The molecule has 2 aromatic carbocycles. The zero-order valence-electron chi connectivity index (χ0n) is 17.0. The average molecular weight is 383 g/mol. The van der Waals surface area contributed by atoms with Crippen molar-refractivity contribution in [2.45, 2.75) is 33.1 Å². The first-order chi connectivity index (χ1) is 14.0. The third-order valence-electron chi connectivity index (χ3n) is 5.50. The fraction of sp³-hybridized carbons (Fsp3) is 0.200. The predicted molar refractivity (Wildman–Crippen MR) is 117 cm³/mol. The number of carbonyl (C=O) groups is 1. The van der Waals surface area contributed by atoms with Gasteiger partial charge in [0.25, 0.3) is 0 Å². The van der Waals surface area contributed by atoms with Crippen molar-refractivity contribution in [1.82, 2.24) is 9.38 Å². The number of nitrogens with one attached hydrogen (secondary N) is 1. The van der Waals surface area contributed by atoms with Crippen molar-refractivity contribution in [2.75, 3.05) is 5.32 Å². The van der Waals surface area contributed by atoms with Crippen LogP contribution >= 0.6 is 0 Å². The van der Waals surface area contributed by atoms with Crippen molar-refractivity contribution < 1.29 is 4.79 Å². The topological polar surface area (TPSA) is 46.4 Å². The third-order valence-corrected chi connectivity index (χ3v) is 5.50. The van der Waals surface area contributed by atoms with E-state index in [0.29, 0.717) is 6.42 Å². The van der Waals surface area contributed by atoms with Gasteiger partial charge in [-0.25, -0.2) is 4.98 Å². The molecular weight excluding hydrogens is 358 g/mol. The Hall–Kier alpha value is -3.40. The highest BCUT2D eigenvalue weighted by Crippen LogP contribution is 2.30. The first-order valence-corrected chi connectivity index (χ1v) is 9.87. The van der Waals surface area contributed by atoms with Crippen LogP contribution in [0, 0.1) is 20.8 Å². The van der Waals surface area contributed by atoms with E-state index in [1.54, 1.807) is 0 Å². The van der Waals surface area contributed by atoms with Gasteiger partial charge in [0.15, 0.2) is 0 Å². The molecule has 1 unspecified atom stereocenters. The van der Waals surface area contributed by atoms with Crippen molar-refractivity contribution in [3.05, 3.63) is 101 Å². The zero-order chi connectivity index (χ0) is 20.4. The van der Waals surface area contributed by atoms with Crippen molar-refractivity contribution in [1.29, 1.82) is 0 Å². The molecule has 0 saturated heterocycles. The number of aryl methyl sites for hydroxylation is 3. The van der Waals surface area contributed by atoms with Crippen molar-refractivity contribution in [3.8, 4) is 0 Å². The Balaban J connectivity index is 1.67. The number of hydrogen-bond acceptors (Lipinski definition) is 2. The Bertz CT molecular complexity index is 1160. The fourth-order valence-electron chi connectivity index (χ4n) is 3.72. The second-order valence-electron chi connectivity index (χ2n) is 7.58. The molecule has 0 aliphatic rings. The summed E-state index contributed by atoms with van der Waals surface area (Å²) < 4.78 is 2.09. The summed E-state index contributed by atoms with van der Waals surface area (Å²) >= 11 is 0. The summed E-state index contributed by atoms with van der Waals surface area (Å²) in [5.41, 5.74) is 7.38. The summed E-state index contributed by atoms with van der Waals surface area (Å²) in [5, 5.41) is 3.06. The predicted octanol–water partition coefficient (Wildman–Crippen LogP) is 5.42. The van der Waals surface area contributed by atoms with Gasteiger partial charge < -0.3 is 9.72 Å². The van der Waals surface area contributed by atoms with E-state index in [2.05, 4.69) is 53.7 Å². The van der Waals surface area contributed by atoms with E-state index in [1.807, 2.05) is 54.9 Å². The van der Waals surface area contributed by atoms with E-state index in [0.717, 1.165) is 28.2 Å². The van der Waals surface area contributed by atoms with Gasteiger partial charge in [0.1, 0.15) is 5.65 Å². The monoisotopic (exact) mass is 383 g/mol. The molecule has 4 rings (SSSR count). The number of rotatable bonds is 5. The van der Waals surface area contributed by atoms with Crippen molar-refractivity contribution in [3.63, 3.8) is 0 Å². The molecule has 2 heterocycles. The average Bonchev–Trinajstić information content (AvgIpc) is 3.15. The number of pyridine rings is 1. The summed E-state index contributed by atoms with van der Waals surface area (Å²) in [5.74, 6) is -0.0933. The van der Waals surface area contributed by atoms with Crippen molar-refractivity contribution >= 4 is 17.2 Å². The third kappa shape index (κ3) is 3.92. The highest BCUT2D eigenvalue weighted by molar-refractivity contribution is 5.91. The maximum absolute atomic E-state index is 12.9. The molecule has 0 spiro atoms. The molecule has 29 heavy (non-hydrogen) atoms. The highest BCUT2D eigenvalue weighted by atomic mass is 16.1. The number of benzene rings is 2. The standard InChI is InChI=1S/C25H25N3O/c1-17-11-12-21(14-19(17)3)27-24(29)15-22(20-9-5-4-6-10-20)23-16-26-25-18(2)8-7-13-28(23)25/h4-14,16,22H,15H2,1-3H3,(H,27,29). The second kappa shape index (κ2) is 7.92. The number of carbonyl (C=O) groups excluding carboxylic acids is 1. The van der Waals surface area contributed by atoms with E-state index < -0.39 is 0 Å². The number of fused-ring (bicyclic) bond motifs is 1. The molecule has 0 fully saturated rings. The lowest BCUT2D eigenvalue weighted by Crippen LogP contribution is -2.17. The molecule has 0 saturated carbocycles. The van der Waals surface area contributed by atoms with E-state index >= 15 is 0 Å². The first kappa shape index (κ1) is 18.9. The van der Waals surface area contributed by atoms with Gasteiger partial charge in [0.2, 0.25) is 5.91 Å². The molecule has 1 amide bonds. The van der Waals surface area contributed by atoms with Crippen LogP contribution in [0.3, 0.4) is 0 Å². The van der Waals surface area contributed by atoms with Gasteiger partial charge in [0, 0.05) is 30.4 Å². The lowest BCUT2D eigenvalue weighted by Gasteiger charge is -2.18.